The smallest absolute Gasteiger partial charge is 0.313 e. The van der Waals surface area contributed by atoms with Gasteiger partial charge in [-0.3, -0.25) is 14.4 Å². The zero-order chi connectivity index (χ0) is 19.6. The molecule has 1 atom stereocenters. The molecule has 1 heterocycles. The number of hydrogen-bond donors (Lipinski definition) is 1. The van der Waals surface area contributed by atoms with Crippen molar-refractivity contribution in [2.75, 3.05) is 20.2 Å². The third-order valence-electron chi connectivity index (χ3n) is 4.97. The van der Waals surface area contributed by atoms with E-state index in [1.54, 1.807) is 36.1 Å². The lowest BCUT2D eigenvalue weighted by molar-refractivity contribution is -0.150. The van der Waals surface area contributed by atoms with Crippen LogP contribution in [0.25, 0.3) is 0 Å². The highest BCUT2D eigenvalue weighted by atomic mass is 16.5. The Kier molecular flexibility index (Phi) is 4.99. The molecule has 140 valence electrons. The molecule has 1 N–H and O–H groups in total. The molecular weight excluding hydrogens is 346 g/mol. The Bertz CT molecular complexity index is 890. The summed E-state index contributed by atoms with van der Waals surface area (Å²) in [4.78, 5) is 39.5. The summed E-state index contributed by atoms with van der Waals surface area (Å²) < 4.78 is 4.85. The number of ether oxygens (including phenoxy) is 1. The van der Waals surface area contributed by atoms with Gasteiger partial charge in [0.05, 0.1) is 18.1 Å². The molecule has 0 radical (unpaired) electrons. The van der Waals surface area contributed by atoms with Crippen molar-refractivity contribution in [3.05, 3.63) is 65.2 Å². The Morgan fingerprint density at radius 1 is 1.04 bits per heavy atom. The maximum atomic E-state index is 13.0. The van der Waals surface area contributed by atoms with Crippen molar-refractivity contribution >= 4 is 17.7 Å². The number of benzene rings is 2. The zero-order valence-corrected chi connectivity index (χ0v) is 15.3. The van der Waals surface area contributed by atoms with Crippen molar-refractivity contribution in [1.82, 2.24) is 4.90 Å². The Morgan fingerprint density at radius 2 is 1.67 bits per heavy atom. The number of carbonyl (C=O) groups is 3. The normalized spacial score (nSPS) is 19.0. The summed E-state index contributed by atoms with van der Waals surface area (Å²) in [6.45, 7) is 2.45. The van der Waals surface area contributed by atoms with Crippen molar-refractivity contribution in [1.29, 1.82) is 0 Å². The number of likely N-dealkylation sites (tertiary alicyclic amines) is 1. The fraction of sp³-hybridized carbons (Fsp3) is 0.286. The number of hydrogen-bond acceptors (Lipinski definition) is 5. The molecular formula is C21H21NO5. The van der Waals surface area contributed by atoms with Crippen LogP contribution in [0.5, 0.6) is 5.75 Å². The molecule has 27 heavy (non-hydrogen) atoms. The summed E-state index contributed by atoms with van der Waals surface area (Å²) in [6.07, 6.45) is 0.513. The highest BCUT2D eigenvalue weighted by Crippen LogP contribution is 2.32. The number of esters is 1. The molecule has 1 saturated heterocycles. The fourth-order valence-electron chi connectivity index (χ4n) is 3.35. The van der Waals surface area contributed by atoms with Crippen molar-refractivity contribution < 1.29 is 24.2 Å². The number of ketones is 1. The van der Waals surface area contributed by atoms with Crippen molar-refractivity contribution in [2.45, 2.75) is 13.3 Å². The van der Waals surface area contributed by atoms with Crippen LogP contribution in [0.1, 0.15) is 39.6 Å². The van der Waals surface area contributed by atoms with E-state index in [0.29, 0.717) is 29.7 Å². The minimum atomic E-state index is -0.736. The summed E-state index contributed by atoms with van der Waals surface area (Å²) in [5.41, 5.74) is 0.235. The molecule has 0 bridgehead atoms. The van der Waals surface area contributed by atoms with Gasteiger partial charge in [-0.2, -0.15) is 0 Å². The quantitative estimate of drug-likeness (QED) is 0.663. The number of rotatable bonds is 4. The molecule has 6 nitrogen and oxygen atoms in total. The summed E-state index contributed by atoms with van der Waals surface area (Å²) in [7, 11) is 1.34. The molecule has 2 aromatic carbocycles. The lowest BCUT2D eigenvalue weighted by Crippen LogP contribution is -2.36. The summed E-state index contributed by atoms with van der Waals surface area (Å²) in [5.74, 6) is -0.861. The van der Waals surface area contributed by atoms with Gasteiger partial charge < -0.3 is 14.7 Å². The van der Waals surface area contributed by atoms with Gasteiger partial charge in [0.1, 0.15) is 5.75 Å². The maximum absolute atomic E-state index is 13.0. The second kappa shape index (κ2) is 7.23. The van der Waals surface area contributed by atoms with E-state index in [2.05, 4.69) is 0 Å². The molecule has 1 fully saturated rings. The molecule has 0 unspecified atom stereocenters. The van der Waals surface area contributed by atoms with Gasteiger partial charge in [0, 0.05) is 24.2 Å². The van der Waals surface area contributed by atoms with Crippen LogP contribution in [-0.4, -0.2) is 47.9 Å². The summed E-state index contributed by atoms with van der Waals surface area (Å²) in [6, 6.07) is 12.5. The number of carbonyl (C=O) groups excluding carboxylic acids is 3. The van der Waals surface area contributed by atoms with Crippen molar-refractivity contribution in [3.63, 3.8) is 0 Å². The first-order chi connectivity index (χ1) is 12.9. The Hall–Kier alpha value is -3.15. The number of nitrogens with zero attached hydrogens (tertiary/aromatic N) is 1. The van der Waals surface area contributed by atoms with Crippen LogP contribution in [0.2, 0.25) is 0 Å². The van der Waals surface area contributed by atoms with Gasteiger partial charge in [-0.15, -0.1) is 0 Å². The predicted molar refractivity (Wildman–Crippen MR) is 98.6 cm³/mol. The maximum Gasteiger partial charge on any atom is 0.313 e. The van der Waals surface area contributed by atoms with Crippen LogP contribution in [-0.2, 0) is 9.53 Å². The van der Waals surface area contributed by atoms with E-state index in [1.807, 2.05) is 0 Å². The monoisotopic (exact) mass is 367 g/mol. The lowest BCUT2D eigenvalue weighted by Gasteiger charge is -2.22. The van der Waals surface area contributed by atoms with Crippen LogP contribution in [0.15, 0.2) is 48.5 Å². The summed E-state index contributed by atoms with van der Waals surface area (Å²) >= 11 is 0. The molecule has 1 aliphatic rings. The molecule has 0 saturated carbocycles. The van der Waals surface area contributed by atoms with Gasteiger partial charge in [-0.1, -0.05) is 18.2 Å². The van der Waals surface area contributed by atoms with Crippen LogP contribution in [0.3, 0.4) is 0 Å². The van der Waals surface area contributed by atoms with Gasteiger partial charge in [-0.05, 0) is 43.7 Å². The average molecular weight is 367 g/mol. The van der Waals surface area contributed by atoms with Crippen LogP contribution in [0.4, 0.5) is 0 Å². The van der Waals surface area contributed by atoms with E-state index in [4.69, 9.17) is 4.74 Å². The third kappa shape index (κ3) is 3.56. The van der Waals surface area contributed by atoms with Crippen molar-refractivity contribution in [2.24, 2.45) is 5.41 Å². The first-order valence-corrected chi connectivity index (χ1v) is 8.66. The summed E-state index contributed by atoms with van der Waals surface area (Å²) in [5, 5.41) is 9.40. The Balaban J connectivity index is 1.88. The first kappa shape index (κ1) is 18.6. The van der Waals surface area contributed by atoms with Crippen LogP contribution in [0, 0.1) is 5.41 Å². The highest BCUT2D eigenvalue weighted by Gasteiger charge is 2.43. The Labute approximate surface area is 157 Å². The molecule has 3 rings (SSSR count). The number of methoxy groups -OCH3 is 1. The van der Waals surface area contributed by atoms with E-state index in [0.717, 1.165) is 0 Å². The van der Waals surface area contributed by atoms with E-state index < -0.39 is 5.41 Å². The fourth-order valence-corrected chi connectivity index (χ4v) is 3.35. The standard InChI is InChI=1S/C21H21NO5/c1-21(20(26)27-2)11-12-22(13-21)19(25)17-6-4-3-5-16(17)18(24)14-7-9-15(23)10-8-14/h3-10,23H,11-13H2,1-2H3/t21-/m0/s1. The highest BCUT2D eigenvalue weighted by molar-refractivity contribution is 6.15. The number of phenolic OH excluding ortho intramolecular Hbond substituents is 1. The first-order valence-electron chi connectivity index (χ1n) is 8.66. The van der Waals surface area contributed by atoms with E-state index >= 15 is 0 Å². The molecule has 1 aliphatic heterocycles. The predicted octanol–water partition coefficient (Wildman–Crippen LogP) is 2.65. The average Bonchev–Trinajstić information content (AvgIpc) is 3.10. The molecule has 2 aromatic rings. The minimum Gasteiger partial charge on any atom is -0.508 e. The van der Waals surface area contributed by atoms with Crippen LogP contribution >= 0.6 is 0 Å². The lowest BCUT2D eigenvalue weighted by atomic mass is 9.90. The van der Waals surface area contributed by atoms with Gasteiger partial charge in [0.15, 0.2) is 5.78 Å². The van der Waals surface area contributed by atoms with Gasteiger partial charge >= 0.3 is 5.97 Å². The minimum absolute atomic E-state index is 0.0649. The molecule has 0 spiro atoms. The van der Waals surface area contributed by atoms with Gasteiger partial charge in [-0.25, -0.2) is 0 Å². The second-order valence-electron chi connectivity index (χ2n) is 6.95. The largest absolute Gasteiger partial charge is 0.508 e. The van der Waals surface area contributed by atoms with E-state index in [9.17, 15) is 19.5 Å². The number of amides is 1. The number of phenols is 1. The van der Waals surface area contributed by atoms with E-state index in [-0.39, 0.29) is 30.0 Å². The third-order valence-corrected chi connectivity index (χ3v) is 4.97. The SMILES string of the molecule is COC(=O)[C@@]1(C)CCN(C(=O)c2ccccc2C(=O)c2ccc(O)cc2)C1. The van der Waals surface area contributed by atoms with Gasteiger partial charge in [0.25, 0.3) is 5.91 Å². The topological polar surface area (TPSA) is 83.9 Å². The number of aromatic hydroxyl groups is 1. The molecule has 0 aromatic heterocycles. The molecule has 6 heteroatoms. The zero-order valence-electron chi connectivity index (χ0n) is 15.3. The molecule has 1 amide bonds. The van der Waals surface area contributed by atoms with Crippen LogP contribution < -0.4 is 0 Å². The van der Waals surface area contributed by atoms with E-state index in [1.165, 1.54) is 31.4 Å². The second-order valence-corrected chi connectivity index (χ2v) is 6.95. The Morgan fingerprint density at radius 3 is 2.30 bits per heavy atom. The van der Waals surface area contributed by atoms with Gasteiger partial charge in [0.2, 0.25) is 0 Å². The molecule has 0 aliphatic carbocycles. The van der Waals surface area contributed by atoms with Crippen molar-refractivity contribution in [3.8, 4) is 5.75 Å².